The van der Waals surface area contributed by atoms with Crippen molar-refractivity contribution in [1.29, 1.82) is 0 Å². The largest absolute Gasteiger partial charge is 0.395 e. The topological polar surface area (TPSA) is 52.6 Å². The van der Waals surface area contributed by atoms with Crippen molar-refractivity contribution in [1.82, 2.24) is 10.2 Å². The summed E-state index contributed by atoms with van der Waals surface area (Å²) in [6.45, 7) is 0.323. The highest BCUT2D eigenvalue weighted by Crippen LogP contribution is 2.37. The number of aliphatic hydroxyl groups excluding tert-OH is 1. The van der Waals surface area contributed by atoms with Crippen LogP contribution in [0.5, 0.6) is 0 Å². The van der Waals surface area contributed by atoms with E-state index in [4.69, 9.17) is 5.11 Å². The van der Waals surface area contributed by atoms with Crippen LogP contribution < -0.4 is 5.32 Å². The second kappa shape index (κ2) is 6.23. The highest BCUT2D eigenvalue weighted by atomic mass is 32.2. The number of rotatable bonds is 4. The van der Waals surface area contributed by atoms with Gasteiger partial charge in [-0.05, 0) is 43.0 Å². The van der Waals surface area contributed by atoms with Crippen LogP contribution in [-0.2, 0) is 0 Å². The number of aliphatic hydroxyl groups is 1. The summed E-state index contributed by atoms with van der Waals surface area (Å²) in [5, 5.41) is 12.1. The molecule has 0 radical (unpaired) electrons. The Hall–Kier alpha value is -1.27. The summed E-state index contributed by atoms with van der Waals surface area (Å²) in [5.74, 6) is 0.636. The molecule has 114 valence electrons. The third-order valence-electron chi connectivity index (χ3n) is 3.90. The molecular formula is C15H19FN2O2S. The first-order valence-corrected chi connectivity index (χ1v) is 8.28. The number of carbonyl (C=O) groups is 1. The third kappa shape index (κ3) is 3.32. The number of benzene rings is 1. The Kier molecular flexibility index (Phi) is 4.35. The molecule has 1 saturated carbocycles. The van der Waals surface area contributed by atoms with E-state index >= 15 is 0 Å². The van der Waals surface area contributed by atoms with E-state index in [1.807, 2.05) is 0 Å². The van der Waals surface area contributed by atoms with Crippen LogP contribution in [0.15, 0.2) is 23.1 Å². The first kappa shape index (κ1) is 14.7. The van der Waals surface area contributed by atoms with Gasteiger partial charge in [0.1, 0.15) is 5.82 Å². The Balaban J connectivity index is 1.73. The van der Waals surface area contributed by atoms with Crippen LogP contribution in [-0.4, -0.2) is 41.0 Å². The molecule has 1 aromatic rings. The molecule has 1 atom stereocenters. The van der Waals surface area contributed by atoms with Crippen molar-refractivity contribution < 1.29 is 14.3 Å². The Labute approximate surface area is 127 Å². The smallest absolute Gasteiger partial charge is 0.318 e. The Bertz CT molecular complexity index is 536. The molecule has 3 rings (SSSR count). The maximum atomic E-state index is 13.5. The number of urea groups is 1. The Morgan fingerprint density at radius 2 is 2.24 bits per heavy atom. The lowest BCUT2D eigenvalue weighted by Gasteiger charge is -2.29. The second-order valence-electron chi connectivity index (χ2n) is 5.47. The number of thioether (sulfide) groups is 1. The molecule has 0 bridgehead atoms. The summed E-state index contributed by atoms with van der Waals surface area (Å²) in [7, 11) is 0. The molecule has 2 amide bonds. The van der Waals surface area contributed by atoms with Gasteiger partial charge in [-0.15, -0.1) is 11.8 Å². The molecule has 1 aromatic carbocycles. The van der Waals surface area contributed by atoms with Gasteiger partial charge in [0.25, 0.3) is 0 Å². The standard InChI is InChI=1S/C15H19FN2O2S/c16-10-1-4-14-12(9-10)13(5-8-21-14)17-15(20)18(6-7-19)11-2-3-11/h1,4,9,11,13,19H,2-3,5-8H2,(H,17,20)/t13-/m0/s1. The van der Waals surface area contributed by atoms with Crippen LogP contribution in [0, 0.1) is 5.82 Å². The van der Waals surface area contributed by atoms with E-state index in [9.17, 15) is 9.18 Å². The van der Waals surface area contributed by atoms with Crippen LogP contribution in [0.2, 0.25) is 0 Å². The molecule has 0 aromatic heterocycles. The molecule has 1 aliphatic carbocycles. The van der Waals surface area contributed by atoms with E-state index in [2.05, 4.69) is 5.32 Å². The molecule has 2 N–H and O–H groups in total. The van der Waals surface area contributed by atoms with Gasteiger partial charge >= 0.3 is 6.03 Å². The summed E-state index contributed by atoms with van der Waals surface area (Å²) < 4.78 is 13.5. The molecule has 1 fully saturated rings. The summed E-state index contributed by atoms with van der Waals surface area (Å²) in [6.07, 6.45) is 2.79. The number of halogens is 1. The molecule has 0 unspecified atom stereocenters. The molecular weight excluding hydrogens is 291 g/mol. The molecule has 21 heavy (non-hydrogen) atoms. The zero-order valence-electron chi connectivity index (χ0n) is 11.7. The molecule has 0 saturated heterocycles. The monoisotopic (exact) mass is 310 g/mol. The number of nitrogens with zero attached hydrogens (tertiary/aromatic N) is 1. The average molecular weight is 310 g/mol. The van der Waals surface area contributed by atoms with Crippen LogP contribution in [0.4, 0.5) is 9.18 Å². The normalized spacial score (nSPS) is 20.8. The Morgan fingerprint density at radius 3 is 2.95 bits per heavy atom. The van der Waals surface area contributed by atoms with Gasteiger partial charge in [0.15, 0.2) is 0 Å². The predicted molar refractivity (Wildman–Crippen MR) is 79.8 cm³/mol. The van der Waals surface area contributed by atoms with Gasteiger partial charge < -0.3 is 15.3 Å². The summed E-state index contributed by atoms with van der Waals surface area (Å²) in [6, 6.07) is 4.70. The van der Waals surface area contributed by atoms with Gasteiger partial charge in [0.05, 0.1) is 12.6 Å². The molecule has 2 aliphatic rings. The van der Waals surface area contributed by atoms with Crippen molar-refractivity contribution in [3.63, 3.8) is 0 Å². The zero-order valence-corrected chi connectivity index (χ0v) is 12.5. The minimum Gasteiger partial charge on any atom is -0.395 e. The summed E-state index contributed by atoms with van der Waals surface area (Å²) in [5.41, 5.74) is 0.861. The maximum Gasteiger partial charge on any atom is 0.318 e. The second-order valence-corrected chi connectivity index (χ2v) is 6.61. The molecule has 6 heteroatoms. The van der Waals surface area contributed by atoms with Crippen LogP contribution >= 0.6 is 11.8 Å². The van der Waals surface area contributed by atoms with E-state index in [0.717, 1.165) is 35.5 Å². The van der Waals surface area contributed by atoms with Crippen LogP contribution in [0.25, 0.3) is 0 Å². The lowest BCUT2D eigenvalue weighted by atomic mass is 10.0. The quantitative estimate of drug-likeness (QED) is 0.898. The lowest BCUT2D eigenvalue weighted by molar-refractivity contribution is 0.170. The van der Waals surface area contributed by atoms with E-state index in [1.54, 1.807) is 22.7 Å². The number of fused-ring (bicyclic) bond motifs is 1. The van der Waals surface area contributed by atoms with Crippen molar-refractivity contribution in [3.05, 3.63) is 29.6 Å². The number of amides is 2. The van der Waals surface area contributed by atoms with E-state index < -0.39 is 0 Å². The SMILES string of the molecule is O=C(N[C@H]1CCSc2ccc(F)cc21)N(CCO)C1CC1. The zero-order chi connectivity index (χ0) is 14.8. The number of hydrogen-bond donors (Lipinski definition) is 2. The van der Waals surface area contributed by atoms with Crippen LogP contribution in [0.1, 0.15) is 30.9 Å². The van der Waals surface area contributed by atoms with E-state index in [1.165, 1.54) is 12.1 Å². The van der Waals surface area contributed by atoms with Crippen LogP contribution in [0.3, 0.4) is 0 Å². The fourth-order valence-electron chi connectivity index (χ4n) is 2.69. The third-order valence-corrected chi connectivity index (χ3v) is 5.02. The number of hydrogen-bond acceptors (Lipinski definition) is 3. The van der Waals surface area contributed by atoms with Crippen molar-refractivity contribution in [2.75, 3.05) is 18.9 Å². The summed E-state index contributed by atoms with van der Waals surface area (Å²) in [4.78, 5) is 15.1. The average Bonchev–Trinajstić information content (AvgIpc) is 3.30. The number of nitrogens with one attached hydrogen (secondary N) is 1. The Morgan fingerprint density at radius 1 is 1.43 bits per heavy atom. The van der Waals surface area contributed by atoms with Gasteiger partial charge in [-0.25, -0.2) is 9.18 Å². The van der Waals surface area contributed by atoms with Gasteiger partial charge in [0, 0.05) is 23.2 Å². The molecule has 4 nitrogen and oxygen atoms in total. The molecule has 0 spiro atoms. The number of carbonyl (C=O) groups excluding carboxylic acids is 1. The van der Waals surface area contributed by atoms with Crippen molar-refractivity contribution >= 4 is 17.8 Å². The maximum absolute atomic E-state index is 13.5. The van der Waals surface area contributed by atoms with E-state index in [0.29, 0.717) is 6.54 Å². The molecule has 1 heterocycles. The summed E-state index contributed by atoms with van der Waals surface area (Å²) >= 11 is 1.69. The highest BCUT2D eigenvalue weighted by Gasteiger charge is 2.33. The molecule has 1 aliphatic heterocycles. The first-order valence-electron chi connectivity index (χ1n) is 7.29. The van der Waals surface area contributed by atoms with E-state index in [-0.39, 0.29) is 30.5 Å². The fourth-order valence-corrected chi connectivity index (χ4v) is 3.80. The minimum absolute atomic E-state index is 0.0321. The van der Waals surface area contributed by atoms with Gasteiger partial charge in [-0.2, -0.15) is 0 Å². The van der Waals surface area contributed by atoms with Gasteiger partial charge in [-0.1, -0.05) is 0 Å². The highest BCUT2D eigenvalue weighted by molar-refractivity contribution is 7.99. The van der Waals surface area contributed by atoms with Crippen molar-refractivity contribution in [2.24, 2.45) is 0 Å². The minimum atomic E-state index is -0.273. The van der Waals surface area contributed by atoms with Crippen molar-refractivity contribution in [3.8, 4) is 0 Å². The first-order chi connectivity index (χ1) is 10.2. The lowest BCUT2D eigenvalue weighted by Crippen LogP contribution is -2.44. The van der Waals surface area contributed by atoms with Gasteiger partial charge in [-0.3, -0.25) is 0 Å². The fraction of sp³-hybridized carbons (Fsp3) is 0.533. The van der Waals surface area contributed by atoms with Gasteiger partial charge in [0.2, 0.25) is 0 Å². The van der Waals surface area contributed by atoms with Crippen molar-refractivity contribution in [2.45, 2.75) is 36.2 Å². The predicted octanol–water partition coefficient (Wildman–Crippen LogP) is 2.53.